The molecule has 0 radical (unpaired) electrons. The minimum atomic E-state index is -4.63. The first-order valence-electron chi connectivity index (χ1n) is 7.11. The van der Waals surface area contributed by atoms with E-state index in [-0.39, 0.29) is 12.0 Å². The van der Waals surface area contributed by atoms with E-state index in [9.17, 15) is 24.3 Å². The van der Waals surface area contributed by atoms with Crippen LogP contribution in [0.4, 0.5) is 0 Å². The quantitative estimate of drug-likeness (QED) is 0.559. The molecule has 0 bridgehead atoms. The highest BCUT2D eigenvalue weighted by Gasteiger charge is 2.34. The Morgan fingerprint density at radius 3 is 2.17 bits per heavy atom. The van der Waals surface area contributed by atoms with E-state index in [0.717, 1.165) is 5.56 Å². The van der Waals surface area contributed by atoms with Crippen molar-refractivity contribution in [2.24, 2.45) is 0 Å². The number of carboxylic acid groups (broad SMARTS) is 1. The van der Waals surface area contributed by atoms with Gasteiger partial charge in [-0.2, -0.15) is 0 Å². The number of rotatable bonds is 7. The molecule has 0 saturated heterocycles. The molecule has 8 heteroatoms. The summed E-state index contributed by atoms with van der Waals surface area (Å²) in [7, 11) is -4.63. The summed E-state index contributed by atoms with van der Waals surface area (Å²) in [6.45, 7) is 0. The number of hydrogen-bond acceptors (Lipinski definition) is 3. The van der Waals surface area contributed by atoms with Crippen LogP contribution >= 0.6 is 19.2 Å². The molecule has 2 aromatic carbocycles. The number of benzene rings is 2. The number of aliphatic carboxylic acids is 1. The van der Waals surface area contributed by atoms with Crippen molar-refractivity contribution in [3.63, 3.8) is 0 Å². The van der Waals surface area contributed by atoms with Crippen LogP contribution in [0.25, 0.3) is 0 Å². The minimum absolute atomic E-state index is 0.0975. The monoisotopic (exact) mass is 369 g/mol. The van der Waals surface area contributed by atoms with Gasteiger partial charge in [-0.3, -0.25) is 14.7 Å². The maximum atomic E-state index is 11.8. The van der Waals surface area contributed by atoms with E-state index in [0.29, 0.717) is 5.02 Å². The molecular formula is C16H17ClNO5P. The SMILES string of the molecule is O=C(O)[C@@H](Cc1ccccc1)N[C@@H](c1ccc(Cl)cc1)P(=O)(O)O. The Morgan fingerprint density at radius 2 is 1.67 bits per heavy atom. The number of carbonyl (C=O) groups is 1. The fraction of sp³-hybridized carbons (Fsp3) is 0.188. The summed E-state index contributed by atoms with van der Waals surface area (Å²) in [6, 6.07) is 13.6. The van der Waals surface area contributed by atoms with Crippen LogP contribution < -0.4 is 5.32 Å². The van der Waals surface area contributed by atoms with E-state index in [1.165, 1.54) is 24.3 Å². The summed E-state index contributed by atoms with van der Waals surface area (Å²) in [5, 5.41) is 12.4. The summed E-state index contributed by atoms with van der Waals surface area (Å²) in [6.07, 6.45) is 0.0975. The zero-order valence-electron chi connectivity index (χ0n) is 12.5. The molecular weight excluding hydrogens is 353 g/mol. The third-order valence-corrected chi connectivity index (χ3v) is 4.83. The predicted octanol–water partition coefficient (Wildman–Crippen LogP) is 2.80. The van der Waals surface area contributed by atoms with Crippen LogP contribution in [0.1, 0.15) is 16.9 Å². The molecule has 2 atom stereocenters. The van der Waals surface area contributed by atoms with Crippen LogP contribution in [0.2, 0.25) is 5.02 Å². The lowest BCUT2D eigenvalue weighted by atomic mass is 10.1. The summed E-state index contributed by atoms with van der Waals surface area (Å²) in [5.41, 5.74) is 1.02. The predicted molar refractivity (Wildman–Crippen MR) is 90.9 cm³/mol. The van der Waals surface area contributed by atoms with Gasteiger partial charge in [0.05, 0.1) is 0 Å². The molecule has 0 unspecified atom stereocenters. The van der Waals surface area contributed by atoms with E-state index in [1.807, 2.05) is 0 Å². The Labute approximate surface area is 144 Å². The molecule has 0 aromatic heterocycles. The average molecular weight is 370 g/mol. The number of halogens is 1. The van der Waals surface area contributed by atoms with Crippen LogP contribution in [0, 0.1) is 0 Å². The van der Waals surface area contributed by atoms with Crippen molar-refractivity contribution < 1.29 is 24.3 Å². The molecule has 0 aliphatic rings. The minimum Gasteiger partial charge on any atom is -0.480 e. The van der Waals surface area contributed by atoms with Gasteiger partial charge in [-0.25, -0.2) is 0 Å². The number of carboxylic acids is 1. The molecule has 0 heterocycles. The van der Waals surface area contributed by atoms with Crippen molar-refractivity contribution in [3.05, 3.63) is 70.7 Å². The summed E-state index contributed by atoms with van der Waals surface area (Å²) >= 11 is 5.79. The van der Waals surface area contributed by atoms with Gasteiger partial charge in [0.2, 0.25) is 0 Å². The molecule has 2 aromatic rings. The standard InChI is InChI=1S/C16H17ClNO5P/c17-13-8-6-12(7-9-13)15(24(21,22)23)18-14(16(19)20)10-11-4-2-1-3-5-11/h1-9,14-15,18H,10H2,(H,19,20)(H2,21,22,23)/t14-,15-/m1/s1. The second-order valence-corrected chi connectivity index (χ2v) is 7.42. The zero-order chi connectivity index (χ0) is 17.7. The van der Waals surface area contributed by atoms with Crippen LogP contribution in [-0.2, 0) is 15.8 Å². The van der Waals surface area contributed by atoms with Crippen molar-refractivity contribution in [1.82, 2.24) is 5.32 Å². The van der Waals surface area contributed by atoms with Gasteiger partial charge < -0.3 is 14.9 Å². The Kier molecular flexibility index (Phi) is 6.15. The molecule has 6 nitrogen and oxygen atoms in total. The third kappa shape index (κ3) is 5.16. The fourth-order valence-electron chi connectivity index (χ4n) is 2.29. The molecule has 0 aliphatic heterocycles. The molecule has 128 valence electrons. The Bertz CT molecular complexity index is 732. The van der Waals surface area contributed by atoms with Crippen molar-refractivity contribution in [1.29, 1.82) is 0 Å². The average Bonchev–Trinajstić information content (AvgIpc) is 2.52. The maximum absolute atomic E-state index is 11.8. The summed E-state index contributed by atoms with van der Waals surface area (Å²) in [5.74, 6) is -2.62. The number of hydrogen-bond donors (Lipinski definition) is 4. The lowest BCUT2D eigenvalue weighted by molar-refractivity contribution is -0.139. The Hall–Kier alpha value is -1.69. The molecule has 24 heavy (non-hydrogen) atoms. The first-order valence-corrected chi connectivity index (χ1v) is 9.17. The molecule has 0 spiro atoms. The van der Waals surface area contributed by atoms with Crippen molar-refractivity contribution in [2.75, 3.05) is 0 Å². The van der Waals surface area contributed by atoms with Crippen LogP contribution in [0.15, 0.2) is 54.6 Å². The lowest BCUT2D eigenvalue weighted by Crippen LogP contribution is -2.40. The molecule has 0 fully saturated rings. The van der Waals surface area contributed by atoms with Gasteiger partial charge in [-0.05, 0) is 29.7 Å². The van der Waals surface area contributed by atoms with Gasteiger partial charge in [-0.1, -0.05) is 54.1 Å². The van der Waals surface area contributed by atoms with Crippen molar-refractivity contribution >= 4 is 25.2 Å². The van der Waals surface area contributed by atoms with E-state index >= 15 is 0 Å². The second-order valence-electron chi connectivity index (χ2n) is 5.29. The Balaban J connectivity index is 2.27. The normalized spacial score (nSPS) is 14.1. The zero-order valence-corrected chi connectivity index (χ0v) is 14.2. The number of nitrogens with one attached hydrogen (secondary N) is 1. The highest BCUT2D eigenvalue weighted by atomic mass is 35.5. The van der Waals surface area contributed by atoms with Gasteiger partial charge in [-0.15, -0.1) is 0 Å². The first-order chi connectivity index (χ1) is 11.3. The van der Waals surface area contributed by atoms with Gasteiger partial charge in [0.25, 0.3) is 0 Å². The highest BCUT2D eigenvalue weighted by molar-refractivity contribution is 7.52. The van der Waals surface area contributed by atoms with Crippen molar-refractivity contribution in [3.8, 4) is 0 Å². The second kappa shape index (κ2) is 7.92. The molecule has 4 N–H and O–H groups in total. The maximum Gasteiger partial charge on any atom is 0.346 e. The van der Waals surface area contributed by atoms with Crippen LogP contribution in [-0.4, -0.2) is 26.9 Å². The van der Waals surface area contributed by atoms with Gasteiger partial charge in [0.1, 0.15) is 11.8 Å². The van der Waals surface area contributed by atoms with E-state index in [4.69, 9.17) is 11.6 Å². The van der Waals surface area contributed by atoms with Gasteiger partial charge in [0.15, 0.2) is 0 Å². The first kappa shape index (κ1) is 18.6. The molecule has 0 saturated carbocycles. The highest BCUT2D eigenvalue weighted by Crippen LogP contribution is 2.50. The van der Waals surface area contributed by atoms with Crippen LogP contribution in [0.3, 0.4) is 0 Å². The molecule has 2 rings (SSSR count). The van der Waals surface area contributed by atoms with Crippen molar-refractivity contribution in [2.45, 2.75) is 18.2 Å². The van der Waals surface area contributed by atoms with E-state index in [1.54, 1.807) is 30.3 Å². The summed E-state index contributed by atoms with van der Waals surface area (Å²) < 4.78 is 11.8. The van der Waals surface area contributed by atoms with E-state index < -0.39 is 25.4 Å². The topological polar surface area (TPSA) is 107 Å². The lowest BCUT2D eigenvalue weighted by Gasteiger charge is -2.24. The van der Waals surface area contributed by atoms with Gasteiger partial charge in [0, 0.05) is 5.02 Å². The Morgan fingerprint density at radius 1 is 1.08 bits per heavy atom. The van der Waals surface area contributed by atoms with Crippen LogP contribution in [0.5, 0.6) is 0 Å². The van der Waals surface area contributed by atoms with Gasteiger partial charge >= 0.3 is 13.6 Å². The third-order valence-electron chi connectivity index (χ3n) is 3.46. The summed E-state index contributed by atoms with van der Waals surface area (Å²) in [4.78, 5) is 30.8. The fourth-order valence-corrected chi connectivity index (χ4v) is 3.35. The smallest absolute Gasteiger partial charge is 0.346 e. The molecule has 0 amide bonds. The van der Waals surface area contributed by atoms with E-state index in [2.05, 4.69) is 5.32 Å². The largest absolute Gasteiger partial charge is 0.480 e. The molecule has 0 aliphatic carbocycles.